The van der Waals surface area contributed by atoms with E-state index in [1.807, 2.05) is 20.8 Å². The summed E-state index contributed by atoms with van der Waals surface area (Å²) in [5, 5.41) is 19.9. The summed E-state index contributed by atoms with van der Waals surface area (Å²) < 4.78 is 0.778. The minimum atomic E-state index is -3.31. The molecule has 1 aromatic carbocycles. The van der Waals surface area contributed by atoms with Crippen molar-refractivity contribution in [1.29, 1.82) is 0 Å². The first-order valence-electron chi connectivity index (χ1n) is 5.99. The molecule has 0 bridgehead atoms. The summed E-state index contributed by atoms with van der Waals surface area (Å²) in [6, 6.07) is 3.16. The van der Waals surface area contributed by atoms with Gasteiger partial charge in [0.2, 0.25) is 0 Å². The molecule has 1 aromatic rings. The average Bonchev–Trinajstić information content (AvgIpc) is 2.27. The van der Waals surface area contributed by atoms with Gasteiger partial charge in [0.25, 0.3) is 0 Å². The Morgan fingerprint density at radius 2 is 1.67 bits per heavy atom. The van der Waals surface area contributed by atoms with Gasteiger partial charge in [-0.15, -0.1) is 0 Å². The van der Waals surface area contributed by atoms with Gasteiger partial charge in [0.05, 0.1) is 0 Å². The zero-order valence-electron chi connectivity index (χ0n) is 11.1. The van der Waals surface area contributed by atoms with Gasteiger partial charge in [-0.3, -0.25) is 0 Å². The Morgan fingerprint density at radius 1 is 1.11 bits per heavy atom. The van der Waals surface area contributed by atoms with Crippen molar-refractivity contribution in [2.75, 3.05) is 0 Å². The van der Waals surface area contributed by atoms with Gasteiger partial charge in [-0.2, -0.15) is 0 Å². The predicted molar refractivity (Wildman–Crippen MR) is 80.7 cm³/mol. The Bertz CT molecular complexity index is 433. The number of benzene rings is 1. The van der Waals surface area contributed by atoms with Crippen molar-refractivity contribution >= 4 is 37.5 Å². The second kappa shape index (κ2) is 6.09. The number of hydrogen-bond acceptors (Lipinski definition) is 2. The van der Waals surface area contributed by atoms with Gasteiger partial charge in [0.1, 0.15) is 0 Å². The van der Waals surface area contributed by atoms with Crippen LogP contribution in [0.2, 0.25) is 3.97 Å². The number of rotatable bonds is 4. The number of phenols is 2. The van der Waals surface area contributed by atoms with Gasteiger partial charge in [-0.25, -0.2) is 0 Å². The number of hydrogen-bond donors (Lipinski definition) is 2. The molecule has 2 nitrogen and oxygen atoms in total. The molecule has 5 heteroatoms. The molecule has 1 atom stereocenters. The van der Waals surface area contributed by atoms with Crippen molar-refractivity contribution < 1.29 is 10.2 Å². The maximum absolute atomic E-state index is 9.97. The van der Waals surface area contributed by atoms with Gasteiger partial charge in [-0.1, -0.05) is 0 Å². The molecular weight excluding hydrogens is 387 g/mol. The molecule has 0 spiro atoms. The monoisotopic (exact) mass is 408 g/mol. The maximum atomic E-state index is 9.97. The summed E-state index contributed by atoms with van der Waals surface area (Å²) in [6.07, 6.45) is 0.907. The normalized spacial score (nSPS) is 14.8. The summed E-state index contributed by atoms with van der Waals surface area (Å²) >= 11 is -3.31. The molecule has 104 valence electrons. The first-order valence-corrected chi connectivity index (χ1v) is 14.4. The zero-order chi connectivity index (χ0) is 14.1. The van der Waals surface area contributed by atoms with E-state index in [0.717, 1.165) is 12.0 Å². The molecule has 0 saturated heterocycles. The zero-order valence-corrected chi connectivity index (χ0v) is 14.9. The van der Waals surface area contributed by atoms with Gasteiger partial charge in [0, 0.05) is 0 Å². The van der Waals surface area contributed by atoms with Crippen LogP contribution in [0.5, 0.6) is 11.5 Å². The predicted octanol–water partition coefficient (Wildman–Crippen LogP) is 4.15. The van der Waals surface area contributed by atoms with Crippen LogP contribution in [0.15, 0.2) is 12.1 Å². The first kappa shape index (κ1) is 16.2. The van der Waals surface area contributed by atoms with Crippen LogP contribution in [0, 0.1) is 0 Å². The van der Waals surface area contributed by atoms with Crippen molar-refractivity contribution in [3.05, 3.63) is 17.7 Å². The van der Waals surface area contributed by atoms with Crippen molar-refractivity contribution in [1.82, 2.24) is 0 Å². The second-order valence-electron chi connectivity index (χ2n) is 4.75. The Labute approximate surface area is 120 Å². The Kier molecular flexibility index (Phi) is 5.50. The molecule has 0 aliphatic heterocycles. The van der Waals surface area contributed by atoms with Crippen molar-refractivity contribution in [2.24, 2.45) is 0 Å². The molecular formula is C13H20Cl2O2Te. The van der Waals surface area contributed by atoms with E-state index in [1.54, 1.807) is 6.07 Å². The average molecular weight is 407 g/mol. The van der Waals surface area contributed by atoms with E-state index in [1.165, 1.54) is 6.07 Å². The van der Waals surface area contributed by atoms with E-state index < -0.39 is 15.9 Å². The van der Waals surface area contributed by atoms with Crippen LogP contribution in [-0.2, 0) is 0 Å². The van der Waals surface area contributed by atoms with Crippen LogP contribution in [0.4, 0.5) is 0 Å². The van der Waals surface area contributed by atoms with Crippen LogP contribution in [-0.4, -0.2) is 26.2 Å². The molecule has 18 heavy (non-hydrogen) atoms. The number of aromatic hydroxyl groups is 2. The molecule has 0 radical (unpaired) electrons. The van der Waals surface area contributed by atoms with Crippen LogP contribution in [0.25, 0.3) is 0 Å². The molecule has 0 aliphatic carbocycles. The molecule has 0 aromatic heterocycles. The Morgan fingerprint density at radius 3 is 2.11 bits per heavy atom. The molecule has 0 heterocycles. The topological polar surface area (TPSA) is 40.5 Å². The third-order valence-electron chi connectivity index (χ3n) is 3.14. The van der Waals surface area contributed by atoms with Gasteiger partial charge >= 0.3 is 121 Å². The van der Waals surface area contributed by atoms with E-state index in [-0.39, 0.29) is 21.4 Å². The fourth-order valence-electron chi connectivity index (χ4n) is 1.66. The standard InChI is InChI=1S/C13H20Cl2O2Te/c1-5-9(4)10-6-13(12(17)7-11(10)16)18(14,15)8(2)3/h6-9,16-17H,5H2,1-4H3. The fourth-order valence-corrected chi connectivity index (χ4v) is 6.54. The quantitative estimate of drug-likeness (QED) is 0.737. The summed E-state index contributed by atoms with van der Waals surface area (Å²) in [6.45, 7) is 8.02. The molecule has 1 rings (SSSR count). The molecule has 0 fully saturated rings. The summed E-state index contributed by atoms with van der Waals surface area (Å²) in [4.78, 5) is 0. The molecule has 1 unspecified atom stereocenters. The van der Waals surface area contributed by atoms with Gasteiger partial charge < -0.3 is 0 Å². The second-order valence-corrected chi connectivity index (χ2v) is 19.2. The minimum absolute atomic E-state index is 0.0134. The van der Waals surface area contributed by atoms with Gasteiger partial charge in [-0.05, 0) is 0 Å². The van der Waals surface area contributed by atoms with Crippen LogP contribution < -0.4 is 3.61 Å². The summed E-state index contributed by atoms with van der Waals surface area (Å²) in [5.41, 5.74) is 0.808. The molecule has 0 amide bonds. The first-order chi connectivity index (χ1) is 8.21. The SMILES string of the molecule is CCC(C)c1cc([Te](Cl)(Cl)C(C)C)c(O)cc1O. The van der Waals surface area contributed by atoms with E-state index >= 15 is 0 Å². The van der Waals surface area contributed by atoms with Crippen LogP contribution in [0.3, 0.4) is 0 Å². The van der Waals surface area contributed by atoms with Crippen LogP contribution in [0.1, 0.15) is 45.6 Å². The molecule has 0 aliphatic rings. The Balaban J connectivity index is 3.38. The van der Waals surface area contributed by atoms with E-state index in [4.69, 9.17) is 17.9 Å². The molecule has 0 saturated carbocycles. The van der Waals surface area contributed by atoms with Crippen molar-refractivity contribution in [3.63, 3.8) is 0 Å². The number of phenolic OH excluding ortho intramolecular Hbond substituents is 2. The van der Waals surface area contributed by atoms with E-state index in [0.29, 0.717) is 3.61 Å². The third kappa shape index (κ3) is 3.20. The molecule has 2 N–H and O–H groups in total. The number of halogens is 2. The van der Waals surface area contributed by atoms with Gasteiger partial charge in [0.15, 0.2) is 0 Å². The summed E-state index contributed by atoms with van der Waals surface area (Å²) in [7, 11) is 13.0. The van der Waals surface area contributed by atoms with E-state index in [2.05, 4.69) is 6.92 Å². The van der Waals surface area contributed by atoms with Crippen molar-refractivity contribution in [2.45, 2.75) is 44.0 Å². The van der Waals surface area contributed by atoms with Crippen molar-refractivity contribution in [3.8, 4) is 11.5 Å². The third-order valence-corrected chi connectivity index (χ3v) is 16.1. The Hall–Kier alpha value is 0.190. The summed E-state index contributed by atoms with van der Waals surface area (Å²) in [5.74, 6) is 0.337. The fraction of sp³-hybridized carbons (Fsp3) is 0.538. The van der Waals surface area contributed by atoms with Crippen LogP contribution >= 0.6 is 17.9 Å². The van der Waals surface area contributed by atoms with E-state index in [9.17, 15) is 10.2 Å².